The first kappa shape index (κ1) is 16.2. The van der Waals surface area contributed by atoms with E-state index in [0.29, 0.717) is 30.7 Å². The Bertz CT molecular complexity index is 591. The number of alkyl halides is 3. The highest BCUT2D eigenvalue weighted by Crippen LogP contribution is 2.23. The molecule has 1 aliphatic rings. The highest BCUT2D eigenvalue weighted by molar-refractivity contribution is 7.89. The van der Waals surface area contributed by atoms with E-state index in [4.69, 9.17) is 4.74 Å². The lowest BCUT2D eigenvalue weighted by Gasteiger charge is -2.33. The van der Waals surface area contributed by atoms with Crippen molar-refractivity contribution in [2.45, 2.75) is 42.9 Å². The molecule has 1 aromatic heterocycles. The van der Waals surface area contributed by atoms with Crippen LogP contribution in [0.15, 0.2) is 17.3 Å². The molecule has 1 N–H and O–H groups in total. The number of rotatable bonds is 4. The molecule has 0 radical (unpaired) electrons. The van der Waals surface area contributed by atoms with Gasteiger partial charge in [0.25, 0.3) is 0 Å². The molecule has 1 fully saturated rings. The summed E-state index contributed by atoms with van der Waals surface area (Å²) in [5.41, 5.74) is -0.663. The molecule has 1 aliphatic heterocycles. The van der Waals surface area contributed by atoms with Crippen molar-refractivity contribution in [3.05, 3.63) is 12.4 Å². The maximum Gasteiger partial charge on any atom is 0.408 e. The van der Waals surface area contributed by atoms with Crippen molar-refractivity contribution in [3.63, 3.8) is 0 Å². The van der Waals surface area contributed by atoms with Crippen molar-refractivity contribution in [2.24, 2.45) is 0 Å². The van der Waals surface area contributed by atoms with Crippen LogP contribution in [0.1, 0.15) is 19.8 Å². The van der Waals surface area contributed by atoms with Crippen molar-refractivity contribution in [2.75, 3.05) is 13.2 Å². The molecule has 0 amide bonds. The maximum absolute atomic E-state index is 12.2. The van der Waals surface area contributed by atoms with Gasteiger partial charge >= 0.3 is 6.18 Å². The Morgan fingerprint density at radius 3 is 2.62 bits per heavy atom. The van der Waals surface area contributed by atoms with Crippen molar-refractivity contribution in [1.82, 2.24) is 14.5 Å². The van der Waals surface area contributed by atoms with Gasteiger partial charge in [-0.1, -0.05) is 0 Å². The summed E-state index contributed by atoms with van der Waals surface area (Å²) in [6.07, 6.45) is -1.66. The lowest BCUT2D eigenvalue weighted by Crippen LogP contribution is -2.49. The van der Waals surface area contributed by atoms with Gasteiger partial charge in [0.1, 0.15) is 11.4 Å². The number of sulfonamides is 1. The van der Waals surface area contributed by atoms with E-state index in [1.165, 1.54) is 0 Å². The molecule has 1 aromatic rings. The molecule has 0 unspecified atom stereocenters. The zero-order valence-corrected chi connectivity index (χ0v) is 12.2. The fraction of sp³-hybridized carbons (Fsp3) is 0.727. The van der Waals surface area contributed by atoms with Crippen molar-refractivity contribution >= 4 is 10.0 Å². The minimum absolute atomic E-state index is 0.278. The van der Waals surface area contributed by atoms with Crippen molar-refractivity contribution in [1.29, 1.82) is 0 Å². The normalized spacial score (nSPS) is 19.6. The summed E-state index contributed by atoms with van der Waals surface area (Å²) in [5.74, 6) is 0. The average Bonchev–Trinajstić information content (AvgIpc) is 2.75. The molecule has 0 spiro atoms. The van der Waals surface area contributed by atoms with Crippen molar-refractivity contribution in [3.8, 4) is 0 Å². The molecule has 0 saturated carbocycles. The highest BCUT2D eigenvalue weighted by atomic mass is 32.2. The van der Waals surface area contributed by atoms with Crippen molar-refractivity contribution < 1.29 is 26.3 Å². The monoisotopic (exact) mass is 327 g/mol. The first-order valence-electron chi connectivity index (χ1n) is 6.31. The predicted octanol–water partition coefficient (Wildman–Crippen LogP) is 1.29. The molecule has 1 saturated heterocycles. The van der Waals surface area contributed by atoms with E-state index >= 15 is 0 Å². The number of aromatic nitrogens is 2. The Balaban J connectivity index is 2.12. The third kappa shape index (κ3) is 4.42. The lowest BCUT2D eigenvalue weighted by atomic mass is 9.94. The molecule has 2 heterocycles. The van der Waals surface area contributed by atoms with Gasteiger partial charge in [-0.3, -0.25) is 4.68 Å². The van der Waals surface area contributed by atoms with Crippen LogP contribution in [-0.4, -0.2) is 43.1 Å². The van der Waals surface area contributed by atoms with E-state index in [1.807, 2.05) is 0 Å². The summed E-state index contributed by atoms with van der Waals surface area (Å²) in [5, 5.41) is 3.44. The molecule has 0 bridgehead atoms. The topological polar surface area (TPSA) is 73.2 Å². The van der Waals surface area contributed by atoms with E-state index in [9.17, 15) is 21.6 Å². The average molecular weight is 327 g/mol. The molecule has 2 rings (SSSR count). The first-order chi connectivity index (χ1) is 9.60. The van der Waals surface area contributed by atoms with Crippen LogP contribution >= 0.6 is 0 Å². The summed E-state index contributed by atoms with van der Waals surface area (Å²) >= 11 is 0. The zero-order chi connectivity index (χ0) is 15.7. The Morgan fingerprint density at radius 1 is 1.43 bits per heavy atom. The van der Waals surface area contributed by atoms with Crippen LogP contribution in [0, 0.1) is 0 Å². The van der Waals surface area contributed by atoms with Crippen LogP contribution in [0.2, 0.25) is 0 Å². The molecular weight excluding hydrogens is 311 g/mol. The van der Waals surface area contributed by atoms with Gasteiger partial charge in [0.2, 0.25) is 10.0 Å². The predicted molar refractivity (Wildman–Crippen MR) is 67.1 cm³/mol. The van der Waals surface area contributed by atoms with Gasteiger partial charge in [-0.05, 0) is 19.8 Å². The third-order valence-corrected chi connectivity index (χ3v) is 4.83. The number of halogens is 3. The third-order valence-electron chi connectivity index (χ3n) is 3.24. The van der Waals surface area contributed by atoms with Gasteiger partial charge in [0.15, 0.2) is 0 Å². The summed E-state index contributed by atoms with van der Waals surface area (Å²) in [6.45, 7) is 1.29. The van der Waals surface area contributed by atoms with Crippen LogP contribution in [0.3, 0.4) is 0 Å². The summed E-state index contributed by atoms with van der Waals surface area (Å²) in [4.78, 5) is -0.278. The van der Waals surface area contributed by atoms with Gasteiger partial charge in [0, 0.05) is 24.9 Å². The zero-order valence-electron chi connectivity index (χ0n) is 11.4. The minimum Gasteiger partial charge on any atom is -0.381 e. The van der Waals surface area contributed by atoms with Crippen LogP contribution in [-0.2, 0) is 21.3 Å². The standard InChI is InChI=1S/C11H16F3N3O3S/c1-10(2-4-20-5-3-10)16-21(18,19)9-6-15-17(7-9)8-11(12,13)14/h6-7,16H,2-5,8H2,1H3. The first-order valence-corrected chi connectivity index (χ1v) is 7.79. The van der Waals surface area contributed by atoms with Crippen LogP contribution in [0.4, 0.5) is 13.2 Å². The summed E-state index contributed by atoms with van der Waals surface area (Å²) < 4.78 is 69.4. The molecule has 6 nitrogen and oxygen atoms in total. The molecule has 0 aromatic carbocycles. The Kier molecular flexibility index (Phi) is 4.31. The summed E-state index contributed by atoms with van der Waals surface area (Å²) in [6, 6.07) is 0. The van der Waals surface area contributed by atoms with E-state index in [-0.39, 0.29) is 4.90 Å². The second-order valence-corrected chi connectivity index (χ2v) is 6.95. The van der Waals surface area contributed by atoms with Crippen LogP contribution in [0.5, 0.6) is 0 Å². The van der Waals surface area contributed by atoms with E-state index in [2.05, 4.69) is 9.82 Å². The van der Waals surface area contributed by atoms with E-state index in [0.717, 1.165) is 12.4 Å². The second-order valence-electron chi connectivity index (χ2n) is 5.27. The summed E-state index contributed by atoms with van der Waals surface area (Å²) in [7, 11) is -3.91. The molecule has 21 heavy (non-hydrogen) atoms. The number of nitrogens with one attached hydrogen (secondary N) is 1. The van der Waals surface area contributed by atoms with Gasteiger partial charge in [-0.15, -0.1) is 0 Å². The van der Waals surface area contributed by atoms with Crippen LogP contribution in [0.25, 0.3) is 0 Å². The van der Waals surface area contributed by atoms with E-state index < -0.39 is 28.3 Å². The minimum atomic E-state index is -4.45. The number of nitrogens with zero attached hydrogens (tertiary/aromatic N) is 2. The Labute approximate surface area is 120 Å². The lowest BCUT2D eigenvalue weighted by molar-refractivity contribution is -0.142. The Morgan fingerprint density at radius 2 is 2.05 bits per heavy atom. The van der Waals surface area contributed by atoms with Gasteiger partial charge in [0.05, 0.1) is 6.20 Å². The number of ether oxygens (including phenoxy) is 1. The fourth-order valence-electron chi connectivity index (χ4n) is 2.06. The maximum atomic E-state index is 12.2. The quantitative estimate of drug-likeness (QED) is 0.904. The molecule has 0 aliphatic carbocycles. The number of hydrogen-bond donors (Lipinski definition) is 1. The second kappa shape index (κ2) is 5.58. The smallest absolute Gasteiger partial charge is 0.381 e. The van der Waals surface area contributed by atoms with Gasteiger partial charge < -0.3 is 4.74 Å². The number of hydrogen-bond acceptors (Lipinski definition) is 4. The van der Waals surface area contributed by atoms with E-state index in [1.54, 1.807) is 6.92 Å². The largest absolute Gasteiger partial charge is 0.408 e. The molecule has 120 valence electrons. The van der Waals surface area contributed by atoms with Crippen LogP contribution < -0.4 is 4.72 Å². The van der Waals surface area contributed by atoms with Gasteiger partial charge in [-0.2, -0.15) is 18.3 Å². The Hall–Kier alpha value is -1.13. The highest BCUT2D eigenvalue weighted by Gasteiger charge is 2.34. The van der Waals surface area contributed by atoms with Gasteiger partial charge in [-0.25, -0.2) is 13.1 Å². The molecule has 0 atom stereocenters. The molecule has 10 heteroatoms. The fourth-order valence-corrected chi connectivity index (χ4v) is 3.48. The SMILES string of the molecule is CC1(NS(=O)(=O)c2cnn(CC(F)(F)F)c2)CCOCC1. The molecular formula is C11H16F3N3O3S.